The summed E-state index contributed by atoms with van der Waals surface area (Å²) in [5, 5.41) is 27.1. The van der Waals surface area contributed by atoms with E-state index in [-0.39, 0.29) is 43.8 Å². The summed E-state index contributed by atoms with van der Waals surface area (Å²) in [5.41, 5.74) is 0.0782. The number of anilines is 1. The average Bonchev–Trinajstić information content (AvgIpc) is 3.04. The van der Waals surface area contributed by atoms with Gasteiger partial charge in [-0.3, -0.25) is 0 Å². The zero-order valence-electron chi connectivity index (χ0n) is 10.4. The Morgan fingerprint density at radius 1 is 1.25 bits per heavy atom. The molecule has 0 unspecified atom stereocenters. The smallest absolute Gasteiger partial charge is 0.266 e. The number of aliphatic hydroxyl groups is 2. The first kappa shape index (κ1) is 14.6. The van der Waals surface area contributed by atoms with Crippen LogP contribution in [-0.4, -0.2) is 41.5 Å². The van der Waals surface area contributed by atoms with Crippen molar-refractivity contribution in [2.75, 3.05) is 31.2 Å². The van der Waals surface area contributed by atoms with E-state index in [1.807, 2.05) is 6.07 Å². The van der Waals surface area contributed by atoms with Crippen LogP contribution in [0.25, 0.3) is 11.7 Å². The van der Waals surface area contributed by atoms with Gasteiger partial charge in [-0.25, -0.2) is 0 Å². The molecule has 2 N–H and O–H groups in total. The molecule has 0 spiro atoms. The van der Waals surface area contributed by atoms with Crippen molar-refractivity contribution in [1.29, 1.82) is 5.26 Å². The van der Waals surface area contributed by atoms with Crippen molar-refractivity contribution >= 4 is 21.8 Å². The molecule has 2 aromatic rings. The molecule has 7 nitrogen and oxygen atoms in total. The summed E-state index contributed by atoms with van der Waals surface area (Å²) in [6, 6.07) is 5.27. The number of aromatic nitrogens is 1. The molecule has 8 heteroatoms. The number of furan rings is 1. The number of oxazole rings is 1. The Bertz CT molecular complexity index is 610. The highest BCUT2D eigenvalue weighted by molar-refractivity contribution is 9.10. The average molecular weight is 342 g/mol. The zero-order chi connectivity index (χ0) is 14.5. The van der Waals surface area contributed by atoms with Gasteiger partial charge in [0.1, 0.15) is 6.07 Å². The van der Waals surface area contributed by atoms with Crippen molar-refractivity contribution in [3.05, 3.63) is 22.5 Å². The first-order valence-electron chi connectivity index (χ1n) is 5.83. The summed E-state index contributed by atoms with van der Waals surface area (Å²) in [6.07, 6.45) is 0. The van der Waals surface area contributed by atoms with Crippen molar-refractivity contribution in [2.24, 2.45) is 0 Å². The quantitative estimate of drug-likeness (QED) is 0.816. The van der Waals surface area contributed by atoms with Gasteiger partial charge in [-0.05, 0) is 28.1 Å². The molecule has 106 valence electrons. The summed E-state index contributed by atoms with van der Waals surface area (Å²) >= 11 is 3.17. The SMILES string of the molecule is N#Cc1nc(-c2ccc(Br)o2)oc1N(CCO)CCO. The third-order valence-electron chi connectivity index (χ3n) is 2.53. The van der Waals surface area contributed by atoms with Crippen LogP contribution >= 0.6 is 15.9 Å². The summed E-state index contributed by atoms with van der Waals surface area (Å²) in [4.78, 5) is 5.60. The highest BCUT2D eigenvalue weighted by Gasteiger charge is 2.21. The molecule has 0 amide bonds. The molecular formula is C12H12BrN3O4. The minimum absolute atomic E-state index is 0.0782. The second kappa shape index (κ2) is 6.56. The lowest BCUT2D eigenvalue weighted by molar-refractivity contribution is 0.277. The van der Waals surface area contributed by atoms with Crippen molar-refractivity contribution < 1.29 is 19.0 Å². The number of hydrogen-bond acceptors (Lipinski definition) is 7. The van der Waals surface area contributed by atoms with Crippen LogP contribution in [0.4, 0.5) is 5.88 Å². The molecule has 0 aliphatic rings. The van der Waals surface area contributed by atoms with E-state index in [1.165, 1.54) is 0 Å². The Morgan fingerprint density at radius 2 is 1.95 bits per heavy atom. The minimum Gasteiger partial charge on any atom is -0.444 e. The summed E-state index contributed by atoms with van der Waals surface area (Å²) in [7, 11) is 0. The van der Waals surface area contributed by atoms with Gasteiger partial charge in [0.15, 0.2) is 10.4 Å². The zero-order valence-corrected chi connectivity index (χ0v) is 12.0. The number of aliphatic hydroxyl groups excluding tert-OH is 2. The fourth-order valence-corrected chi connectivity index (χ4v) is 2.00. The van der Waals surface area contributed by atoms with E-state index in [0.29, 0.717) is 10.4 Å². The molecule has 0 saturated heterocycles. The topological polar surface area (TPSA) is 107 Å². The molecule has 0 aromatic carbocycles. The predicted octanol–water partition coefficient (Wildman–Crippen LogP) is 1.36. The van der Waals surface area contributed by atoms with Crippen LogP contribution in [0.1, 0.15) is 5.69 Å². The van der Waals surface area contributed by atoms with Gasteiger partial charge in [0.25, 0.3) is 5.89 Å². The van der Waals surface area contributed by atoms with E-state index in [4.69, 9.17) is 24.3 Å². The van der Waals surface area contributed by atoms with Crippen LogP contribution in [0.5, 0.6) is 0 Å². The van der Waals surface area contributed by atoms with E-state index >= 15 is 0 Å². The van der Waals surface area contributed by atoms with Gasteiger partial charge >= 0.3 is 0 Å². The van der Waals surface area contributed by atoms with Crippen LogP contribution in [-0.2, 0) is 0 Å². The van der Waals surface area contributed by atoms with Gasteiger partial charge < -0.3 is 23.9 Å². The summed E-state index contributed by atoms with van der Waals surface area (Å²) in [5.74, 6) is 0.758. The Morgan fingerprint density at radius 3 is 2.45 bits per heavy atom. The Kier molecular flexibility index (Phi) is 4.79. The van der Waals surface area contributed by atoms with E-state index < -0.39 is 0 Å². The molecule has 0 radical (unpaired) electrons. The third-order valence-corrected chi connectivity index (χ3v) is 2.95. The van der Waals surface area contributed by atoms with Gasteiger partial charge in [0.05, 0.1) is 13.2 Å². The van der Waals surface area contributed by atoms with E-state index in [2.05, 4.69) is 20.9 Å². The van der Waals surface area contributed by atoms with E-state index in [1.54, 1.807) is 17.0 Å². The first-order chi connectivity index (χ1) is 9.69. The van der Waals surface area contributed by atoms with Crippen LogP contribution < -0.4 is 4.90 Å². The van der Waals surface area contributed by atoms with Crippen molar-refractivity contribution in [2.45, 2.75) is 0 Å². The van der Waals surface area contributed by atoms with Gasteiger partial charge in [-0.15, -0.1) is 0 Å². The molecule has 20 heavy (non-hydrogen) atoms. The number of nitriles is 1. The monoisotopic (exact) mass is 341 g/mol. The standard InChI is InChI=1S/C12H12BrN3O4/c13-10-2-1-9(19-10)11-15-8(7-14)12(20-11)16(3-5-17)4-6-18/h1-2,17-18H,3-6H2. The van der Waals surface area contributed by atoms with Crippen molar-refractivity contribution in [3.8, 4) is 17.7 Å². The number of nitrogens with zero attached hydrogens (tertiary/aromatic N) is 3. The lowest BCUT2D eigenvalue weighted by atomic mass is 10.4. The van der Waals surface area contributed by atoms with Gasteiger partial charge in [0.2, 0.25) is 11.6 Å². The number of hydrogen-bond donors (Lipinski definition) is 2. The number of halogens is 1. The normalized spacial score (nSPS) is 10.5. The molecular weight excluding hydrogens is 330 g/mol. The van der Waals surface area contributed by atoms with Crippen molar-refractivity contribution in [3.63, 3.8) is 0 Å². The molecule has 0 fully saturated rings. The van der Waals surface area contributed by atoms with Crippen LogP contribution in [0.15, 0.2) is 25.6 Å². The fraction of sp³-hybridized carbons (Fsp3) is 0.333. The lowest BCUT2D eigenvalue weighted by Gasteiger charge is -2.19. The van der Waals surface area contributed by atoms with Crippen LogP contribution in [0.3, 0.4) is 0 Å². The van der Waals surface area contributed by atoms with Crippen LogP contribution in [0.2, 0.25) is 0 Å². The third kappa shape index (κ3) is 3.01. The molecule has 0 bridgehead atoms. The minimum atomic E-state index is -0.132. The van der Waals surface area contributed by atoms with Gasteiger partial charge in [0, 0.05) is 13.1 Å². The van der Waals surface area contributed by atoms with Crippen molar-refractivity contribution in [1.82, 2.24) is 4.98 Å². The fourth-order valence-electron chi connectivity index (χ4n) is 1.69. The second-order valence-electron chi connectivity index (χ2n) is 3.82. The molecule has 0 atom stereocenters. The predicted molar refractivity (Wildman–Crippen MR) is 73.0 cm³/mol. The number of rotatable bonds is 6. The highest BCUT2D eigenvalue weighted by atomic mass is 79.9. The summed E-state index contributed by atoms with van der Waals surface area (Å²) < 4.78 is 11.4. The maximum absolute atomic E-state index is 9.11. The summed E-state index contributed by atoms with van der Waals surface area (Å²) in [6.45, 7) is 0.192. The first-order valence-corrected chi connectivity index (χ1v) is 6.62. The van der Waals surface area contributed by atoms with Crippen LogP contribution in [0, 0.1) is 11.3 Å². The Hall–Kier alpha value is -1.82. The molecule has 2 rings (SSSR count). The van der Waals surface area contributed by atoms with E-state index in [9.17, 15) is 0 Å². The molecule has 0 saturated carbocycles. The van der Waals surface area contributed by atoms with Gasteiger partial charge in [-0.1, -0.05) is 0 Å². The lowest BCUT2D eigenvalue weighted by Crippen LogP contribution is -2.29. The largest absolute Gasteiger partial charge is 0.444 e. The maximum atomic E-state index is 9.11. The molecule has 0 aliphatic heterocycles. The highest BCUT2D eigenvalue weighted by Crippen LogP contribution is 2.30. The van der Waals surface area contributed by atoms with E-state index in [0.717, 1.165) is 0 Å². The molecule has 2 heterocycles. The second-order valence-corrected chi connectivity index (χ2v) is 4.60. The Labute approximate surface area is 123 Å². The molecule has 2 aromatic heterocycles. The molecule has 0 aliphatic carbocycles. The van der Waals surface area contributed by atoms with Gasteiger partial charge in [-0.2, -0.15) is 10.2 Å². The Balaban J connectivity index is 2.37. The maximum Gasteiger partial charge on any atom is 0.266 e.